The van der Waals surface area contributed by atoms with Crippen molar-refractivity contribution < 1.29 is 17.9 Å². The first kappa shape index (κ1) is 15.1. The van der Waals surface area contributed by atoms with E-state index in [4.69, 9.17) is 15.2 Å². The fourth-order valence-corrected chi connectivity index (χ4v) is 3.38. The second-order valence-electron chi connectivity index (χ2n) is 5.20. The maximum Gasteiger partial charge on any atom is 0.177 e. The lowest BCUT2D eigenvalue weighted by Gasteiger charge is -2.29. The van der Waals surface area contributed by atoms with Gasteiger partial charge in [0.15, 0.2) is 9.84 Å². The molecular formula is C14H21NO4S. The first-order valence-corrected chi connectivity index (χ1v) is 8.59. The Labute approximate surface area is 120 Å². The molecule has 1 saturated carbocycles. The van der Waals surface area contributed by atoms with Crippen LogP contribution in [0.25, 0.3) is 0 Å². The van der Waals surface area contributed by atoms with Crippen LogP contribution in [0.3, 0.4) is 0 Å². The molecule has 2 N–H and O–H groups in total. The third kappa shape index (κ3) is 3.43. The molecule has 112 valence electrons. The van der Waals surface area contributed by atoms with Gasteiger partial charge in [0.05, 0.1) is 16.7 Å². The van der Waals surface area contributed by atoms with E-state index in [2.05, 4.69) is 0 Å². The minimum absolute atomic E-state index is 0.0193. The monoisotopic (exact) mass is 299 g/mol. The number of rotatable bonds is 4. The second-order valence-corrected chi connectivity index (χ2v) is 7.19. The Morgan fingerprint density at radius 3 is 2.60 bits per heavy atom. The molecule has 0 aliphatic heterocycles. The molecule has 0 saturated heterocycles. The third-order valence-corrected chi connectivity index (χ3v) is 4.79. The lowest BCUT2D eigenvalue weighted by molar-refractivity contribution is 0.0211. The van der Waals surface area contributed by atoms with Gasteiger partial charge < -0.3 is 15.2 Å². The van der Waals surface area contributed by atoms with Crippen LogP contribution in [0.1, 0.15) is 25.7 Å². The molecule has 0 radical (unpaired) electrons. The molecule has 0 spiro atoms. The zero-order valence-corrected chi connectivity index (χ0v) is 12.7. The Morgan fingerprint density at radius 1 is 1.25 bits per heavy atom. The van der Waals surface area contributed by atoms with Crippen LogP contribution in [-0.2, 0) is 14.6 Å². The van der Waals surface area contributed by atoms with Gasteiger partial charge in [-0.15, -0.1) is 0 Å². The first-order valence-electron chi connectivity index (χ1n) is 6.70. The highest BCUT2D eigenvalue weighted by atomic mass is 32.2. The highest BCUT2D eigenvalue weighted by molar-refractivity contribution is 7.90. The summed E-state index contributed by atoms with van der Waals surface area (Å²) in [4.78, 5) is 0.120. The Bertz CT molecular complexity index is 571. The Balaban J connectivity index is 2.18. The molecule has 2 rings (SSSR count). The van der Waals surface area contributed by atoms with Crippen LogP contribution in [0.2, 0.25) is 0 Å². The van der Waals surface area contributed by atoms with Gasteiger partial charge in [0.25, 0.3) is 0 Å². The Hall–Kier alpha value is -1.27. The molecule has 1 aromatic carbocycles. The van der Waals surface area contributed by atoms with Crippen molar-refractivity contribution in [3.05, 3.63) is 18.2 Å². The summed E-state index contributed by atoms with van der Waals surface area (Å²) in [5.74, 6) is 0.440. The van der Waals surface area contributed by atoms with E-state index in [-0.39, 0.29) is 22.8 Å². The molecule has 1 fully saturated rings. The molecule has 0 heterocycles. The summed E-state index contributed by atoms with van der Waals surface area (Å²) < 4.78 is 34.5. The van der Waals surface area contributed by atoms with Crippen molar-refractivity contribution >= 4 is 15.5 Å². The lowest BCUT2D eigenvalue weighted by atomic mass is 9.95. The van der Waals surface area contributed by atoms with Crippen LogP contribution in [0.15, 0.2) is 23.1 Å². The van der Waals surface area contributed by atoms with E-state index in [0.717, 1.165) is 31.9 Å². The average molecular weight is 299 g/mol. The maximum atomic E-state index is 11.6. The summed E-state index contributed by atoms with van der Waals surface area (Å²) in [7, 11) is -1.64. The standard InChI is InChI=1S/C14H21NO4S/c1-18-10-5-3-6-11(9-10)19-12-7-4-8-13(14(12)15)20(2,16)17/h4,7-8,10-11H,3,5-6,9,15H2,1-2H3. The minimum atomic E-state index is -3.34. The number of hydrogen-bond acceptors (Lipinski definition) is 5. The first-order chi connectivity index (χ1) is 9.41. The van der Waals surface area contributed by atoms with E-state index >= 15 is 0 Å². The SMILES string of the molecule is COC1CCCC(Oc2cccc(S(C)(=O)=O)c2N)C1. The van der Waals surface area contributed by atoms with Crippen LogP contribution in [-0.4, -0.2) is 34.0 Å². The van der Waals surface area contributed by atoms with Gasteiger partial charge in [-0.25, -0.2) is 8.42 Å². The number of sulfone groups is 1. The summed E-state index contributed by atoms with van der Waals surface area (Å²) in [6, 6.07) is 4.86. The van der Waals surface area contributed by atoms with Gasteiger partial charge in [-0.3, -0.25) is 0 Å². The summed E-state index contributed by atoms with van der Waals surface area (Å²) in [6.45, 7) is 0. The minimum Gasteiger partial charge on any atom is -0.488 e. The number of para-hydroxylation sites is 1. The number of nitrogens with two attached hydrogens (primary N) is 1. The predicted octanol–water partition coefficient (Wildman–Crippen LogP) is 2.01. The fourth-order valence-electron chi connectivity index (χ4n) is 2.55. The predicted molar refractivity (Wildman–Crippen MR) is 77.6 cm³/mol. The van der Waals surface area contributed by atoms with Gasteiger partial charge in [0, 0.05) is 19.8 Å². The van der Waals surface area contributed by atoms with Crippen LogP contribution in [0, 0.1) is 0 Å². The Morgan fingerprint density at radius 2 is 1.95 bits per heavy atom. The number of nitrogen functional groups attached to an aromatic ring is 1. The largest absolute Gasteiger partial charge is 0.488 e. The molecule has 1 aromatic rings. The van der Waals surface area contributed by atoms with Crippen molar-refractivity contribution in [1.29, 1.82) is 0 Å². The van der Waals surface area contributed by atoms with Crippen LogP contribution >= 0.6 is 0 Å². The smallest absolute Gasteiger partial charge is 0.177 e. The normalized spacial score (nSPS) is 23.5. The van der Waals surface area contributed by atoms with Crippen molar-refractivity contribution in [2.24, 2.45) is 0 Å². The molecule has 2 unspecified atom stereocenters. The van der Waals surface area contributed by atoms with Crippen LogP contribution in [0.5, 0.6) is 5.75 Å². The number of benzene rings is 1. The molecular weight excluding hydrogens is 278 g/mol. The van der Waals surface area contributed by atoms with Crippen LogP contribution < -0.4 is 10.5 Å². The van der Waals surface area contributed by atoms with Gasteiger partial charge in [-0.2, -0.15) is 0 Å². The molecule has 1 aliphatic rings. The maximum absolute atomic E-state index is 11.6. The number of methoxy groups -OCH3 is 1. The van der Waals surface area contributed by atoms with Gasteiger partial charge in [0.1, 0.15) is 11.9 Å². The van der Waals surface area contributed by atoms with Gasteiger partial charge in [-0.05, 0) is 31.4 Å². The zero-order valence-electron chi connectivity index (χ0n) is 11.8. The van der Waals surface area contributed by atoms with Gasteiger partial charge in [0.2, 0.25) is 0 Å². The van der Waals surface area contributed by atoms with Crippen molar-refractivity contribution in [2.45, 2.75) is 42.8 Å². The van der Waals surface area contributed by atoms with E-state index in [9.17, 15) is 8.42 Å². The average Bonchev–Trinajstić information content (AvgIpc) is 2.40. The van der Waals surface area contributed by atoms with Gasteiger partial charge >= 0.3 is 0 Å². The number of hydrogen-bond donors (Lipinski definition) is 1. The summed E-state index contributed by atoms with van der Waals surface area (Å²) in [5.41, 5.74) is 6.11. The second kappa shape index (κ2) is 6.01. The van der Waals surface area contributed by atoms with Crippen molar-refractivity contribution in [1.82, 2.24) is 0 Å². The quantitative estimate of drug-likeness (QED) is 0.860. The zero-order chi connectivity index (χ0) is 14.8. The summed E-state index contributed by atoms with van der Waals surface area (Å²) in [6.07, 6.45) is 5.18. The molecule has 2 atom stereocenters. The highest BCUT2D eigenvalue weighted by Crippen LogP contribution is 2.32. The van der Waals surface area contributed by atoms with E-state index < -0.39 is 9.84 Å². The molecule has 20 heavy (non-hydrogen) atoms. The Kier molecular flexibility index (Phi) is 4.55. The van der Waals surface area contributed by atoms with E-state index in [0.29, 0.717) is 5.75 Å². The van der Waals surface area contributed by atoms with E-state index in [1.165, 1.54) is 6.07 Å². The number of anilines is 1. The molecule has 5 nitrogen and oxygen atoms in total. The topological polar surface area (TPSA) is 78.6 Å². The highest BCUT2D eigenvalue weighted by Gasteiger charge is 2.24. The van der Waals surface area contributed by atoms with E-state index in [1.54, 1.807) is 19.2 Å². The van der Waals surface area contributed by atoms with Crippen molar-refractivity contribution in [2.75, 3.05) is 19.1 Å². The van der Waals surface area contributed by atoms with Crippen LogP contribution in [0.4, 0.5) is 5.69 Å². The summed E-state index contributed by atoms with van der Waals surface area (Å²) in [5, 5.41) is 0. The van der Waals surface area contributed by atoms with E-state index in [1.807, 2.05) is 0 Å². The lowest BCUT2D eigenvalue weighted by Crippen LogP contribution is -2.29. The molecule has 0 amide bonds. The molecule has 0 bridgehead atoms. The molecule has 1 aliphatic carbocycles. The molecule has 6 heteroatoms. The van der Waals surface area contributed by atoms with Crippen molar-refractivity contribution in [3.8, 4) is 5.75 Å². The third-order valence-electron chi connectivity index (χ3n) is 3.63. The summed E-state index contributed by atoms with van der Waals surface area (Å²) >= 11 is 0. The van der Waals surface area contributed by atoms with Crippen molar-refractivity contribution in [3.63, 3.8) is 0 Å². The fraction of sp³-hybridized carbons (Fsp3) is 0.571. The van der Waals surface area contributed by atoms with Gasteiger partial charge in [-0.1, -0.05) is 6.07 Å². The molecule has 0 aromatic heterocycles. The number of ether oxygens (including phenoxy) is 2.